The smallest absolute Gasteiger partial charge is 0.246 e. The van der Waals surface area contributed by atoms with Gasteiger partial charge in [-0.3, -0.25) is 34.2 Å². The fraction of sp³-hybridized carbons (Fsp3) is 0.426. The number of unbranched alkanes of at least 4 members (excludes halogenated alkanes) is 1. The Morgan fingerprint density at radius 1 is 0.812 bits per heavy atom. The third-order valence-electron chi connectivity index (χ3n) is 11.7. The molecule has 6 amide bonds. The summed E-state index contributed by atoms with van der Waals surface area (Å²) in [5.74, 6) is -2.98. The van der Waals surface area contributed by atoms with Gasteiger partial charge in [0.15, 0.2) is 5.96 Å². The minimum Gasteiger partial charge on any atom is -0.497 e. The molecule has 1 heterocycles. The number of aromatic amines is 1. The van der Waals surface area contributed by atoms with E-state index in [-0.39, 0.29) is 56.4 Å². The summed E-state index contributed by atoms with van der Waals surface area (Å²) in [4.78, 5) is 85.3. The molecule has 64 heavy (non-hydrogen) atoms. The van der Waals surface area contributed by atoms with Gasteiger partial charge in [-0.1, -0.05) is 74.0 Å². The number of hydrogen-bond acceptors (Lipinski definition) is 8. The lowest BCUT2D eigenvalue weighted by molar-refractivity contribution is -0.138. The van der Waals surface area contributed by atoms with Gasteiger partial charge < -0.3 is 53.1 Å². The molecule has 1 aliphatic carbocycles. The molecule has 17 heteroatoms. The molecule has 1 aromatic heterocycles. The van der Waals surface area contributed by atoms with Gasteiger partial charge in [-0.15, -0.1) is 0 Å². The second kappa shape index (κ2) is 23.5. The molecule has 1 fully saturated rings. The monoisotopic (exact) mass is 878 g/mol. The zero-order valence-corrected chi connectivity index (χ0v) is 36.6. The second-order valence-corrected chi connectivity index (χ2v) is 16.4. The number of hydrogen-bond donors (Lipinski definition) is 10. The Morgan fingerprint density at radius 3 is 2.20 bits per heavy atom. The number of carbonyl (C=O) groups is 6. The summed E-state index contributed by atoms with van der Waals surface area (Å²) in [6.07, 6.45) is 5.67. The third-order valence-corrected chi connectivity index (χ3v) is 11.7. The van der Waals surface area contributed by atoms with Crippen molar-refractivity contribution < 1.29 is 33.5 Å². The predicted octanol–water partition coefficient (Wildman–Crippen LogP) is 2.68. The van der Waals surface area contributed by atoms with Gasteiger partial charge in [0, 0.05) is 42.9 Å². The number of ether oxygens (including phenoxy) is 1. The molecule has 0 aliphatic heterocycles. The van der Waals surface area contributed by atoms with E-state index in [4.69, 9.17) is 21.6 Å². The zero-order valence-electron chi connectivity index (χ0n) is 36.6. The number of guanidine groups is 1. The maximum absolute atomic E-state index is 14.7. The number of benzene rings is 3. The molecule has 3 aromatic carbocycles. The first-order valence-corrected chi connectivity index (χ1v) is 21.9. The molecule has 5 rings (SSSR count). The van der Waals surface area contributed by atoms with Crippen molar-refractivity contribution in [2.75, 3.05) is 20.2 Å². The summed E-state index contributed by atoms with van der Waals surface area (Å²) in [5.41, 5.74) is 12.9. The van der Waals surface area contributed by atoms with Crippen LogP contribution < -0.4 is 48.1 Å². The van der Waals surface area contributed by atoms with Gasteiger partial charge in [-0.25, -0.2) is 0 Å². The Kier molecular flexibility index (Phi) is 17.7. The largest absolute Gasteiger partial charge is 0.497 e. The van der Waals surface area contributed by atoms with E-state index in [0.29, 0.717) is 32.1 Å². The highest BCUT2D eigenvalue weighted by molar-refractivity contribution is 5.98. The van der Waals surface area contributed by atoms with Crippen molar-refractivity contribution in [3.63, 3.8) is 0 Å². The average molecular weight is 879 g/mol. The number of methoxy groups -OCH3 is 1. The van der Waals surface area contributed by atoms with Gasteiger partial charge >= 0.3 is 0 Å². The van der Waals surface area contributed by atoms with Crippen molar-refractivity contribution in [3.8, 4) is 5.75 Å². The van der Waals surface area contributed by atoms with Crippen molar-refractivity contribution in [2.24, 2.45) is 11.5 Å². The number of rotatable bonds is 23. The highest BCUT2D eigenvalue weighted by atomic mass is 16.5. The Hall–Kier alpha value is -6.91. The zero-order chi connectivity index (χ0) is 46.1. The molecule has 0 unspecified atom stereocenters. The van der Waals surface area contributed by atoms with Crippen LogP contribution in [0.2, 0.25) is 0 Å². The van der Waals surface area contributed by atoms with E-state index in [1.807, 2.05) is 85.8 Å². The molecular formula is C47H62N10O7. The Balaban J connectivity index is 1.41. The molecular weight excluding hydrogens is 817 g/mol. The van der Waals surface area contributed by atoms with Crippen molar-refractivity contribution >= 4 is 52.3 Å². The van der Waals surface area contributed by atoms with Crippen LogP contribution in [0.3, 0.4) is 0 Å². The molecule has 3 atom stereocenters. The van der Waals surface area contributed by atoms with Crippen molar-refractivity contribution in [1.29, 1.82) is 5.41 Å². The summed E-state index contributed by atoms with van der Waals surface area (Å²) in [6.45, 7) is 1.73. The van der Waals surface area contributed by atoms with Crippen molar-refractivity contribution in [1.82, 2.24) is 36.9 Å². The van der Waals surface area contributed by atoms with Gasteiger partial charge in [0.1, 0.15) is 29.4 Å². The number of fused-ring (bicyclic) bond motifs is 1. The number of nitrogens with one attached hydrogen (secondary N) is 8. The van der Waals surface area contributed by atoms with Gasteiger partial charge in [-0.2, -0.15) is 0 Å². The highest BCUT2D eigenvalue weighted by Gasteiger charge is 2.45. The molecule has 0 radical (unpaired) electrons. The van der Waals surface area contributed by atoms with Crippen LogP contribution in [0.15, 0.2) is 85.1 Å². The van der Waals surface area contributed by atoms with Crippen molar-refractivity contribution in [3.05, 3.63) is 102 Å². The molecule has 1 saturated carbocycles. The quantitative estimate of drug-likeness (QED) is 0.0298. The van der Waals surface area contributed by atoms with Crippen LogP contribution in [0.1, 0.15) is 87.3 Å². The van der Waals surface area contributed by atoms with Crippen LogP contribution in [-0.2, 0) is 41.6 Å². The van der Waals surface area contributed by atoms with Gasteiger partial charge in [-0.05, 0) is 85.8 Å². The number of carbonyl (C=O) groups excluding carboxylic acids is 6. The summed E-state index contributed by atoms with van der Waals surface area (Å²) in [5, 5.41) is 25.3. The van der Waals surface area contributed by atoms with Crippen LogP contribution in [0.4, 0.5) is 0 Å². The van der Waals surface area contributed by atoms with Crippen molar-refractivity contribution in [2.45, 2.75) is 107 Å². The lowest BCUT2D eigenvalue weighted by atomic mass is 9.73. The number of primary amides is 1. The van der Waals surface area contributed by atoms with E-state index in [1.165, 1.54) is 0 Å². The minimum atomic E-state index is -1.31. The number of amides is 6. The highest BCUT2D eigenvalue weighted by Crippen LogP contribution is 2.39. The maximum atomic E-state index is 14.7. The first-order valence-electron chi connectivity index (χ1n) is 21.9. The van der Waals surface area contributed by atoms with Crippen LogP contribution in [0, 0.1) is 5.41 Å². The Morgan fingerprint density at radius 2 is 1.50 bits per heavy atom. The fourth-order valence-electron chi connectivity index (χ4n) is 8.14. The molecule has 12 N–H and O–H groups in total. The predicted molar refractivity (Wildman–Crippen MR) is 244 cm³/mol. The first-order chi connectivity index (χ1) is 30.8. The van der Waals surface area contributed by atoms with E-state index in [9.17, 15) is 28.8 Å². The van der Waals surface area contributed by atoms with Crippen LogP contribution in [0.5, 0.6) is 5.75 Å². The minimum absolute atomic E-state index is 0.0321. The summed E-state index contributed by atoms with van der Waals surface area (Å²) in [7, 11) is 1.61. The summed E-state index contributed by atoms with van der Waals surface area (Å²) < 4.78 is 5.46. The molecule has 0 saturated heterocycles. The van der Waals surface area contributed by atoms with Gasteiger partial charge in [0.2, 0.25) is 35.4 Å². The van der Waals surface area contributed by atoms with Gasteiger partial charge in [0.05, 0.1) is 13.7 Å². The first kappa shape index (κ1) is 48.1. The van der Waals surface area contributed by atoms with E-state index in [1.54, 1.807) is 13.3 Å². The lowest BCUT2D eigenvalue weighted by Gasteiger charge is -2.40. The number of para-hydroxylation sites is 1. The number of aromatic nitrogens is 1. The topological polar surface area (TPSA) is 276 Å². The van der Waals surface area contributed by atoms with Crippen LogP contribution in [0.25, 0.3) is 10.9 Å². The van der Waals surface area contributed by atoms with E-state index < -0.39 is 59.7 Å². The Labute approximate surface area is 373 Å². The number of H-pyrrole nitrogens is 1. The molecule has 17 nitrogen and oxygen atoms in total. The van der Waals surface area contributed by atoms with Crippen LogP contribution >= 0.6 is 0 Å². The molecule has 1 aliphatic rings. The maximum Gasteiger partial charge on any atom is 0.246 e. The Bertz CT molecular complexity index is 2240. The van der Waals surface area contributed by atoms with Crippen LogP contribution in [-0.4, -0.2) is 90.3 Å². The lowest BCUT2D eigenvalue weighted by Crippen LogP contribution is -2.64. The third kappa shape index (κ3) is 13.8. The van der Waals surface area contributed by atoms with Gasteiger partial charge in [0.25, 0.3) is 0 Å². The number of nitrogens with two attached hydrogens (primary N) is 2. The van der Waals surface area contributed by atoms with E-state index >= 15 is 0 Å². The summed E-state index contributed by atoms with van der Waals surface area (Å²) >= 11 is 0. The molecule has 342 valence electrons. The van der Waals surface area contributed by atoms with E-state index in [0.717, 1.165) is 39.8 Å². The standard InChI is InChI=1S/C47H62N10O7/c1-3-4-19-41(59)57-47(22-20-31(21-23-47)32-14-10-15-34(26-32)64-2)45(63)56-38(25-30-12-6-5-7-13-30)44(62)54-37(18-11-24-51-46(49)50)43(61)55-39(42(60)53-29-40(48)58)27-33-28-52-36-17-9-8-16-35(33)36/h5-10,12-17,26,28,31,37-39,52H,3-4,11,18-25,27,29H2,1-2H3,(H2,48,58)(H,53,60)(H,54,62)(H,55,61)(H,56,63)(H,57,59)(H4,49,50,51)/t31-,37-,38+,39-,47+/m0/s1. The second-order valence-electron chi connectivity index (χ2n) is 16.4. The fourth-order valence-corrected chi connectivity index (χ4v) is 8.14. The SMILES string of the molecule is CCCCC(=O)N[C@]1(C(=O)N[C@H](Cc2ccccc2)C(=O)N[C@@H](CCCNC(=N)N)C(=O)N[C@@H](Cc2c[nH]c3ccccc23)C(=O)NCC(N)=O)CC[C@H](c2cccc(OC)c2)CC1. The normalized spacial score (nSPS) is 17.2. The average Bonchev–Trinajstić information content (AvgIpc) is 3.70. The molecule has 4 aromatic rings. The molecule has 0 bridgehead atoms. The molecule has 0 spiro atoms. The van der Waals surface area contributed by atoms with E-state index in [2.05, 4.69) is 36.9 Å². The summed E-state index contributed by atoms with van der Waals surface area (Å²) in [6, 6.07) is 20.8.